The lowest BCUT2D eigenvalue weighted by molar-refractivity contribution is -0.191. The fraction of sp³-hybridized carbons (Fsp3) is 0.414. The van der Waals surface area contributed by atoms with E-state index >= 15 is 4.39 Å². The Kier molecular flexibility index (Phi) is 7.69. The summed E-state index contributed by atoms with van der Waals surface area (Å²) in [5.74, 6) is 0.979. The van der Waals surface area contributed by atoms with Gasteiger partial charge in [-0.1, -0.05) is 11.6 Å². The van der Waals surface area contributed by atoms with Crippen LogP contribution in [-0.4, -0.2) is 73.6 Å². The minimum atomic E-state index is -0.401. The zero-order valence-electron chi connectivity index (χ0n) is 23.8. The number of ether oxygens (including phenoxy) is 2. The van der Waals surface area contributed by atoms with Crippen molar-refractivity contribution in [1.29, 1.82) is 0 Å². The number of hydrogen-bond donors (Lipinski definition) is 2. The average Bonchev–Trinajstić information content (AvgIpc) is 3.17. The van der Waals surface area contributed by atoms with Crippen LogP contribution in [0.3, 0.4) is 0 Å². The predicted molar refractivity (Wildman–Crippen MR) is 158 cm³/mol. The maximum Gasteiger partial charge on any atom is 0.223 e. The van der Waals surface area contributed by atoms with Crippen LogP contribution in [0.15, 0.2) is 36.8 Å². The molecule has 3 N–H and O–H groups in total. The van der Waals surface area contributed by atoms with Gasteiger partial charge in [0.15, 0.2) is 5.82 Å². The SMILES string of the molecule is Cc1nn(C)c(O[C@@H](C)CCNc2cc(Cl)ncc2-c2ncc(CN3CC4(COC4)C3)cc2F)c1-c1nccc(N)n1. The number of rotatable bonds is 10. The molecule has 11 nitrogen and oxygen atoms in total. The van der Waals surface area contributed by atoms with Crippen LogP contribution in [0.1, 0.15) is 24.6 Å². The Balaban J connectivity index is 1.11. The van der Waals surface area contributed by atoms with E-state index in [1.54, 1.807) is 41.5 Å². The van der Waals surface area contributed by atoms with Crippen molar-refractivity contribution in [2.75, 3.05) is 43.9 Å². The van der Waals surface area contributed by atoms with Crippen molar-refractivity contribution in [3.63, 3.8) is 0 Å². The van der Waals surface area contributed by atoms with Gasteiger partial charge < -0.3 is 20.5 Å². The van der Waals surface area contributed by atoms with Gasteiger partial charge >= 0.3 is 0 Å². The fourth-order valence-electron chi connectivity index (χ4n) is 5.56. The van der Waals surface area contributed by atoms with Crippen molar-refractivity contribution >= 4 is 23.1 Å². The zero-order chi connectivity index (χ0) is 29.4. The first-order chi connectivity index (χ1) is 20.2. The molecule has 13 heteroatoms. The van der Waals surface area contributed by atoms with Gasteiger partial charge in [-0.2, -0.15) is 5.10 Å². The molecular formula is C29H33ClFN9O2. The normalized spacial score (nSPS) is 16.6. The quantitative estimate of drug-likeness (QED) is 0.259. The van der Waals surface area contributed by atoms with E-state index in [1.807, 2.05) is 20.9 Å². The van der Waals surface area contributed by atoms with Gasteiger partial charge in [0.2, 0.25) is 5.88 Å². The minimum Gasteiger partial charge on any atom is -0.474 e. The Labute approximate surface area is 248 Å². The molecule has 0 saturated carbocycles. The molecule has 0 aromatic carbocycles. The number of hydrogen-bond acceptors (Lipinski definition) is 10. The van der Waals surface area contributed by atoms with Crippen molar-refractivity contribution in [2.45, 2.75) is 32.9 Å². The molecule has 2 aliphatic heterocycles. The fourth-order valence-corrected chi connectivity index (χ4v) is 5.71. The summed E-state index contributed by atoms with van der Waals surface area (Å²) in [7, 11) is 1.81. The van der Waals surface area contributed by atoms with Crippen molar-refractivity contribution in [2.24, 2.45) is 12.5 Å². The van der Waals surface area contributed by atoms with Crippen LogP contribution < -0.4 is 15.8 Å². The first-order valence-electron chi connectivity index (χ1n) is 13.8. The number of aryl methyl sites for hydroxylation is 2. The van der Waals surface area contributed by atoms with Crippen LogP contribution in [0.25, 0.3) is 22.6 Å². The van der Waals surface area contributed by atoms with Gasteiger partial charge in [-0.15, -0.1) is 0 Å². The van der Waals surface area contributed by atoms with Crippen molar-refractivity contribution in [1.82, 2.24) is 34.6 Å². The molecule has 0 unspecified atom stereocenters. The molecule has 4 aromatic rings. The molecular weight excluding hydrogens is 561 g/mol. The highest BCUT2D eigenvalue weighted by Crippen LogP contribution is 2.38. The Morgan fingerprint density at radius 3 is 2.74 bits per heavy atom. The second kappa shape index (κ2) is 11.4. The van der Waals surface area contributed by atoms with Crippen molar-refractivity contribution in [3.8, 4) is 28.5 Å². The molecule has 1 spiro atoms. The second-order valence-corrected chi connectivity index (χ2v) is 11.6. The first kappa shape index (κ1) is 28.3. The number of halogens is 2. The first-order valence-corrected chi connectivity index (χ1v) is 14.2. The molecule has 2 saturated heterocycles. The highest BCUT2D eigenvalue weighted by Gasteiger charge is 2.48. The summed E-state index contributed by atoms with van der Waals surface area (Å²) >= 11 is 6.21. The summed E-state index contributed by atoms with van der Waals surface area (Å²) in [6, 6.07) is 4.86. The lowest BCUT2D eigenvalue weighted by Gasteiger charge is -2.55. The highest BCUT2D eigenvalue weighted by atomic mass is 35.5. The van der Waals surface area contributed by atoms with Crippen LogP contribution in [0.4, 0.5) is 15.9 Å². The van der Waals surface area contributed by atoms with E-state index in [1.165, 1.54) is 0 Å². The van der Waals surface area contributed by atoms with E-state index in [9.17, 15) is 0 Å². The van der Waals surface area contributed by atoms with E-state index < -0.39 is 5.82 Å². The summed E-state index contributed by atoms with van der Waals surface area (Å²) in [5.41, 5.74) is 9.86. The smallest absolute Gasteiger partial charge is 0.223 e. The number of nitrogens with zero attached hydrogens (tertiary/aromatic N) is 7. The number of nitrogen functional groups attached to an aromatic ring is 1. The monoisotopic (exact) mass is 593 g/mol. The molecule has 0 aliphatic carbocycles. The van der Waals surface area contributed by atoms with E-state index in [0.29, 0.717) is 64.4 Å². The molecule has 0 bridgehead atoms. The summed E-state index contributed by atoms with van der Waals surface area (Å²) < 4.78 is 28.6. The molecule has 1 atom stereocenters. The third-order valence-electron chi connectivity index (χ3n) is 7.61. The number of nitrogens with two attached hydrogens (primary N) is 1. The van der Waals surface area contributed by atoms with Crippen molar-refractivity contribution < 1.29 is 13.9 Å². The molecule has 2 fully saturated rings. The highest BCUT2D eigenvalue weighted by molar-refractivity contribution is 6.29. The summed E-state index contributed by atoms with van der Waals surface area (Å²) in [4.78, 5) is 19.6. The second-order valence-electron chi connectivity index (χ2n) is 11.2. The van der Waals surface area contributed by atoms with E-state index in [4.69, 9.17) is 26.8 Å². The third kappa shape index (κ3) is 5.74. The maximum absolute atomic E-state index is 15.3. The third-order valence-corrected chi connectivity index (χ3v) is 7.82. The van der Waals surface area contributed by atoms with Crippen LogP contribution in [0.5, 0.6) is 5.88 Å². The van der Waals surface area contributed by atoms with Gasteiger partial charge in [0.05, 0.1) is 25.0 Å². The van der Waals surface area contributed by atoms with Crippen LogP contribution in [-0.2, 0) is 18.3 Å². The lowest BCUT2D eigenvalue weighted by Crippen LogP contribution is -2.65. The van der Waals surface area contributed by atoms with Gasteiger partial charge in [0.25, 0.3) is 0 Å². The summed E-state index contributed by atoms with van der Waals surface area (Å²) in [6.07, 6.45) is 5.30. The number of nitrogens with one attached hydrogen (secondary N) is 1. The number of pyridine rings is 2. The van der Waals surface area contributed by atoms with Crippen LogP contribution in [0.2, 0.25) is 5.15 Å². The van der Waals surface area contributed by atoms with Gasteiger partial charge in [0, 0.05) is 74.9 Å². The molecule has 4 aromatic heterocycles. The molecule has 42 heavy (non-hydrogen) atoms. The largest absolute Gasteiger partial charge is 0.474 e. The van der Waals surface area contributed by atoms with Gasteiger partial charge in [-0.3, -0.25) is 9.88 Å². The maximum atomic E-state index is 15.3. The topological polar surface area (TPSA) is 129 Å². The molecule has 220 valence electrons. The summed E-state index contributed by atoms with van der Waals surface area (Å²) in [5, 5.41) is 8.15. The zero-order valence-corrected chi connectivity index (χ0v) is 24.5. The Morgan fingerprint density at radius 1 is 1.21 bits per heavy atom. The van der Waals surface area contributed by atoms with E-state index in [2.05, 4.69) is 35.3 Å². The molecule has 6 heterocycles. The Hall–Kier alpha value is -3.87. The molecule has 6 rings (SSSR count). The van der Waals surface area contributed by atoms with Gasteiger partial charge in [-0.05, 0) is 37.6 Å². The van der Waals surface area contributed by atoms with E-state index in [0.717, 1.165) is 37.6 Å². The number of aromatic nitrogens is 6. The average molecular weight is 594 g/mol. The molecule has 0 radical (unpaired) electrons. The Bertz CT molecular complexity index is 1600. The van der Waals surface area contributed by atoms with Gasteiger partial charge in [0.1, 0.15) is 28.0 Å². The standard InChI is InChI=1S/C29H33ClFN9O2/c1-17(42-28-25(18(2)38-39(28)3)27-34-7-5-24(32)37-27)4-6-33-22-9-23(30)35-11-20(22)26-21(31)8-19(10-36-26)12-40-13-29(14-40)15-41-16-29/h5,7-11,17H,4,6,12-16H2,1-3H3,(H,33,35)(H2,32,34,37)/t17-/m0/s1. The summed E-state index contributed by atoms with van der Waals surface area (Å²) in [6.45, 7) is 8.62. The molecule has 2 aliphatic rings. The van der Waals surface area contributed by atoms with Crippen LogP contribution in [0, 0.1) is 18.2 Å². The lowest BCUT2D eigenvalue weighted by atomic mass is 9.78. The van der Waals surface area contributed by atoms with E-state index in [-0.39, 0.29) is 11.8 Å². The Morgan fingerprint density at radius 2 is 2.02 bits per heavy atom. The van der Waals surface area contributed by atoms with Crippen molar-refractivity contribution in [3.05, 3.63) is 59.0 Å². The minimum absolute atomic E-state index is 0.200. The van der Waals surface area contributed by atoms with Crippen LogP contribution >= 0.6 is 11.6 Å². The predicted octanol–water partition coefficient (Wildman–Crippen LogP) is 4.12. The molecule has 0 amide bonds. The number of likely N-dealkylation sites (tertiary alicyclic amines) is 1. The van der Waals surface area contributed by atoms with Gasteiger partial charge in [-0.25, -0.2) is 24.0 Å². The number of anilines is 2.